The third kappa shape index (κ3) is 6.21. The predicted octanol–water partition coefficient (Wildman–Crippen LogP) is 4.70. The van der Waals surface area contributed by atoms with Crippen LogP contribution in [0.2, 0.25) is 0 Å². The Labute approximate surface area is 200 Å². The summed E-state index contributed by atoms with van der Waals surface area (Å²) < 4.78 is 11.2. The molecular weight excluding hydrogens is 416 g/mol. The molecule has 0 spiro atoms. The molecule has 1 heterocycles. The molecule has 0 aromatic heterocycles. The second-order valence-electron chi connectivity index (χ2n) is 9.95. The molecule has 1 aromatic rings. The van der Waals surface area contributed by atoms with Crippen molar-refractivity contribution in [1.29, 1.82) is 0 Å². The smallest absolute Gasteiger partial charge is 0.234 e. The summed E-state index contributed by atoms with van der Waals surface area (Å²) in [4.78, 5) is 15.3. The van der Waals surface area contributed by atoms with Crippen LogP contribution in [0.25, 0.3) is 0 Å². The molecule has 2 fully saturated rings. The van der Waals surface area contributed by atoms with Gasteiger partial charge < -0.3 is 19.9 Å². The van der Waals surface area contributed by atoms with Crippen LogP contribution in [-0.2, 0) is 4.79 Å². The van der Waals surface area contributed by atoms with E-state index in [0.717, 1.165) is 62.1 Å². The van der Waals surface area contributed by atoms with E-state index in [0.29, 0.717) is 25.4 Å². The summed E-state index contributed by atoms with van der Waals surface area (Å²) >= 11 is 0. The minimum absolute atomic E-state index is 0.0577. The van der Waals surface area contributed by atoms with Gasteiger partial charge in [0.1, 0.15) is 11.5 Å². The number of carbonyl (C=O) groups excluding carboxylic acids is 1. The lowest BCUT2D eigenvalue weighted by atomic mass is 9.66. The number of hydrogen-bond acceptors (Lipinski definition) is 5. The normalized spacial score (nSPS) is 26.3. The minimum Gasteiger partial charge on any atom is -0.497 e. The number of unbranched alkanes of at least 4 members (excludes halogenated alkanes) is 1. The van der Waals surface area contributed by atoms with Crippen molar-refractivity contribution in [3.63, 3.8) is 0 Å². The van der Waals surface area contributed by atoms with Gasteiger partial charge in [-0.25, -0.2) is 0 Å². The lowest BCUT2D eigenvalue weighted by Crippen LogP contribution is -2.56. The number of amides is 1. The van der Waals surface area contributed by atoms with Crippen molar-refractivity contribution in [1.82, 2.24) is 10.2 Å². The molecule has 1 aliphatic heterocycles. The van der Waals surface area contributed by atoms with Gasteiger partial charge in [0, 0.05) is 36.7 Å². The van der Waals surface area contributed by atoms with Gasteiger partial charge in [0.05, 0.1) is 26.4 Å². The number of nitrogens with zero attached hydrogens (tertiary/aromatic N) is 1. The fourth-order valence-corrected chi connectivity index (χ4v) is 5.84. The highest BCUT2D eigenvalue weighted by Crippen LogP contribution is 2.51. The molecule has 1 aromatic carbocycles. The fourth-order valence-electron chi connectivity index (χ4n) is 5.84. The maximum atomic E-state index is 13.0. The van der Waals surface area contributed by atoms with E-state index in [1.165, 1.54) is 12.8 Å². The largest absolute Gasteiger partial charge is 0.497 e. The first-order valence-electron chi connectivity index (χ1n) is 12.9. The van der Waals surface area contributed by atoms with E-state index in [1.807, 2.05) is 18.2 Å². The number of ether oxygens (including phenoxy) is 2. The number of piperidine rings is 1. The van der Waals surface area contributed by atoms with Crippen LogP contribution >= 0.6 is 0 Å². The SMILES string of the molecule is CCCC[C@@H](CC)CNC(=O)CN1CC[C@@]2(O)CCCC[C@H]2[C@@H]1c1ccc(OC)cc1OC. The number of benzene rings is 1. The molecule has 6 nitrogen and oxygen atoms in total. The summed E-state index contributed by atoms with van der Waals surface area (Å²) in [5, 5.41) is 14.7. The van der Waals surface area contributed by atoms with E-state index in [9.17, 15) is 9.90 Å². The van der Waals surface area contributed by atoms with E-state index >= 15 is 0 Å². The molecule has 3 rings (SSSR count). The third-order valence-electron chi connectivity index (χ3n) is 7.91. The highest BCUT2D eigenvalue weighted by molar-refractivity contribution is 5.78. The zero-order valence-corrected chi connectivity index (χ0v) is 21.1. The summed E-state index contributed by atoms with van der Waals surface area (Å²) in [5.41, 5.74) is 0.361. The van der Waals surface area contributed by atoms with E-state index < -0.39 is 5.60 Å². The predicted molar refractivity (Wildman–Crippen MR) is 132 cm³/mol. The number of rotatable bonds is 11. The quantitative estimate of drug-likeness (QED) is 0.501. The van der Waals surface area contributed by atoms with Gasteiger partial charge in [-0.1, -0.05) is 52.0 Å². The van der Waals surface area contributed by atoms with Gasteiger partial charge in [0.25, 0.3) is 0 Å². The monoisotopic (exact) mass is 460 g/mol. The van der Waals surface area contributed by atoms with Crippen molar-refractivity contribution in [3.05, 3.63) is 23.8 Å². The van der Waals surface area contributed by atoms with E-state index in [2.05, 4.69) is 24.1 Å². The standard InChI is InChI=1S/C27H44N2O4/c1-5-7-10-20(6-2)18-28-25(30)19-29-16-15-27(31)14-9-8-11-23(27)26(29)22-13-12-21(32-3)17-24(22)33-4/h12-13,17,20,23,26,31H,5-11,14-16,18-19H2,1-4H3,(H,28,30)/t20-,23+,26+,27+/m1/s1. The molecule has 6 heteroatoms. The number of methoxy groups -OCH3 is 2. The Kier molecular flexibility index (Phi) is 9.45. The van der Waals surface area contributed by atoms with Crippen LogP contribution in [0.3, 0.4) is 0 Å². The van der Waals surface area contributed by atoms with Gasteiger partial charge in [-0.3, -0.25) is 9.69 Å². The number of aliphatic hydroxyl groups is 1. The van der Waals surface area contributed by atoms with Crippen LogP contribution in [0.4, 0.5) is 0 Å². The maximum Gasteiger partial charge on any atom is 0.234 e. The van der Waals surface area contributed by atoms with E-state index in [4.69, 9.17) is 9.47 Å². The Morgan fingerprint density at radius 3 is 2.76 bits per heavy atom. The molecule has 2 aliphatic rings. The molecular formula is C27H44N2O4. The summed E-state index contributed by atoms with van der Waals surface area (Å²) in [6, 6.07) is 5.85. The Hall–Kier alpha value is -1.79. The summed E-state index contributed by atoms with van der Waals surface area (Å²) in [6.45, 7) is 6.20. The van der Waals surface area contributed by atoms with E-state index in [-0.39, 0.29) is 17.9 Å². The van der Waals surface area contributed by atoms with Crippen molar-refractivity contribution in [2.24, 2.45) is 11.8 Å². The minimum atomic E-state index is -0.672. The second kappa shape index (κ2) is 12.1. The summed E-state index contributed by atoms with van der Waals surface area (Å²) in [5.74, 6) is 2.19. The van der Waals surface area contributed by atoms with Gasteiger partial charge in [-0.05, 0) is 37.7 Å². The maximum absolute atomic E-state index is 13.0. The molecule has 0 unspecified atom stereocenters. The van der Waals surface area contributed by atoms with Gasteiger partial charge in [-0.15, -0.1) is 0 Å². The number of likely N-dealkylation sites (tertiary alicyclic amines) is 1. The van der Waals surface area contributed by atoms with Gasteiger partial charge >= 0.3 is 0 Å². The summed E-state index contributed by atoms with van der Waals surface area (Å²) in [7, 11) is 3.32. The van der Waals surface area contributed by atoms with Gasteiger partial charge in [-0.2, -0.15) is 0 Å². The van der Waals surface area contributed by atoms with Gasteiger partial charge in [0.2, 0.25) is 5.91 Å². The van der Waals surface area contributed by atoms with E-state index in [1.54, 1.807) is 14.2 Å². The number of hydrogen-bond donors (Lipinski definition) is 2. The lowest BCUT2D eigenvalue weighted by Gasteiger charge is -2.52. The average molecular weight is 461 g/mol. The average Bonchev–Trinajstić information content (AvgIpc) is 2.83. The zero-order valence-electron chi connectivity index (χ0n) is 21.1. The van der Waals surface area contributed by atoms with Crippen LogP contribution in [-0.4, -0.2) is 55.4 Å². The molecule has 0 bridgehead atoms. The van der Waals surface area contributed by atoms with Crippen LogP contribution < -0.4 is 14.8 Å². The highest BCUT2D eigenvalue weighted by atomic mass is 16.5. The molecule has 1 aliphatic carbocycles. The highest BCUT2D eigenvalue weighted by Gasteiger charge is 2.49. The molecule has 0 radical (unpaired) electrons. The van der Waals surface area contributed by atoms with Crippen molar-refractivity contribution >= 4 is 5.91 Å². The van der Waals surface area contributed by atoms with Crippen molar-refractivity contribution in [3.8, 4) is 11.5 Å². The fraction of sp³-hybridized carbons (Fsp3) is 0.741. The Morgan fingerprint density at radius 2 is 2.06 bits per heavy atom. The molecule has 1 saturated heterocycles. The first kappa shape index (κ1) is 25.8. The number of fused-ring (bicyclic) bond motifs is 1. The topological polar surface area (TPSA) is 71.0 Å². The molecule has 33 heavy (non-hydrogen) atoms. The van der Waals surface area contributed by atoms with Crippen molar-refractivity contribution < 1.29 is 19.4 Å². The Morgan fingerprint density at radius 1 is 1.24 bits per heavy atom. The third-order valence-corrected chi connectivity index (χ3v) is 7.91. The zero-order chi connectivity index (χ0) is 23.8. The molecule has 2 N–H and O–H groups in total. The van der Waals surface area contributed by atoms with Crippen LogP contribution in [0, 0.1) is 11.8 Å². The van der Waals surface area contributed by atoms with Crippen LogP contribution in [0.15, 0.2) is 18.2 Å². The van der Waals surface area contributed by atoms with Crippen molar-refractivity contribution in [2.75, 3.05) is 33.9 Å². The Balaban J connectivity index is 1.80. The lowest BCUT2D eigenvalue weighted by molar-refractivity contribution is -0.138. The van der Waals surface area contributed by atoms with Crippen molar-refractivity contribution in [2.45, 2.75) is 83.3 Å². The number of nitrogens with one attached hydrogen (secondary N) is 1. The van der Waals surface area contributed by atoms with Crippen LogP contribution in [0.5, 0.6) is 11.5 Å². The number of carbonyl (C=O) groups is 1. The molecule has 1 amide bonds. The second-order valence-corrected chi connectivity index (χ2v) is 9.95. The summed E-state index contributed by atoms with van der Waals surface area (Å²) in [6.07, 6.45) is 9.34. The van der Waals surface area contributed by atoms with Gasteiger partial charge in [0.15, 0.2) is 0 Å². The molecule has 1 saturated carbocycles. The van der Waals surface area contributed by atoms with Crippen LogP contribution in [0.1, 0.15) is 83.2 Å². The first-order valence-corrected chi connectivity index (χ1v) is 12.9. The first-order chi connectivity index (χ1) is 16.0. The molecule has 4 atom stereocenters. The molecule has 186 valence electrons. The Bertz CT molecular complexity index is 770.